The smallest absolute Gasteiger partial charge is 0.264 e. The Kier molecular flexibility index (Phi) is 11.7. The SMILES string of the molecule is CCCNC(=O)[C@H](Cc1ccccc1)N(Cc1ccc(Br)cc1)C(=O)CN(c1ccccc1CC)S(=O)(=O)c1ccccc1. The van der Waals surface area contributed by atoms with E-state index < -0.39 is 28.5 Å². The van der Waals surface area contributed by atoms with Gasteiger partial charge >= 0.3 is 0 Å². The zero-order valence-electron chi connectivity index (χ0n) is 25.0. The molecule has 0 fully saturated rings. The topological polar surface area (TPSA) is 86.8 Å². The van der Waals surface area contributed by atoms with E-state index in [1.165, 1.54) is 21.3 Å². The van der Waals surface area contributed by atoms with E-state index in [-0.39, 0.29) is 23.8 Å². The van der Waals surface area contributed by atoms with E-state index in [0.29, 0.717) is 18.7 Å². The summed E-state index contributed by atoms with van der Waals surface area (Å²) < 4.78 is 30.4. The maximum absolute atomic E-state index is 14.5. The van der Waals surface area contributed by atoms with E-state index in [1.54, 1.807) is 30.3 Å². The third kappa shape index (κ3) is 8.36. The summed E-state index contributed by atoms with van der Waals surface area (Å²) in [5.74, 6) is -0.765. The minimum atomic E-state index is -4.13. The normalized spacial score (nSPS) is 11.9. The average Bonchev–Trinajstić information content (AvgIpc) is 3.05. The first-order valence-electron chi connectivity index (χ1n) is 14.8. The number of hydrogen-bond donors (Lipinski definition) is 1. The molecule has 0 spiro atoms. The number of hydrogen-bond acceptors (Lipinski definition) is 4. The highest BCUT2D eigenvalue weighted by Gasteiger charge is 2.35. The van der Waals surface area contributed by atoms with Gasteiger partial charge in [-0.1, -0.05) is 109 Å². The van der Waals surface area contributed by atoms with Crippen molar-refractivity contribution < 1.29 is 18.0 Å². The van der Waals surface area contributed by atoms with Crippen molar-refractivity contribution in [1.82, 2.24) is 10.2 Å². The Morgan fingerprint density at radius 2 is 1.41 bits per heavy atom. The van der Waals surface area contributed by atoms with E-state index in [4.69, 9.17) is 0 Å². The van der Waals surface area contributed by atoms with Gasteiger partial charge < -0.3 is 10.2 Å². The van der Waals surface area contributed by atoms with Crippen molar-refractivity contribution in [2.75, 3.05) is 17.4 Å². The van der Waals surface area contributed by atoms with Crippen LogP contribution in [-0.4, -0.2) is 44.3 Å². The lowest BCUT2D eigenvalue weighted by Gasteiger charge is -2.34. The van der Waals surface area contributed by atoms with Crippen LogP contribution in [0.2, 0.25) is 0 Å². The Morgan fingerprint density at radius 1 is 0.795 bits per heavy atom. The number of aryl methyl sites for hydroxylation is 1. The number of anilines is 1. The van der Waals surface area contributed by atoms with Crippen LogP contribution in [-0.2, 0) is 39.0 Å². The number of rotatable bonds is 14. The van der Waals surface area contributed by atoms with Crippen molar-refractivity contribution in [3.63, 3.8) is 0 Å². The van der Waals surface area contributed by atoms with Crippen LogP contribution in [0.3, 0.4) is 0 Å². The molecule has 0 saturated carbocycles. The Labute approximate surface area is 269 Å². The fourth-order valence-corrected chi connectivity index (χ4v) is 6.73. The molecule has 0 unspecified atom stereocenters. The third-order valence-corrected chi connectivity index (χ3v) is 9.64. The van der Waals surface area contributed by atoms with Crippen molar-refractivity contribution in [3.8, 4) is 0 Å². The number of carbonyl (C=O) groups is 2. The molecular formula is C35H38BrN3O4S. The van der Waals surface area contributed by atoms with Crippen molar-refractivity contribution in [2.24, 2.45) is 0 Å². The van der Waals surface area contributed by atoms with E-state index >= 15 is 0 Å². The van der Waals surface area contributed by atoms with Crippen molar-refractivity contribution >= 4 is 43.5 Å². The molecule has 4 aromatic rings. The average molecular weight is 677 g/mol. The second kappa shape index (κ2) is 15.7. The number of halogens is 1. The fraction of sp³-hybridized carbons (Fsp3) is 0.257. The first-order valence-corrected chi connectivity index (χ1v) is 17.0. The quantitative estimate of drug-likeness (QED) is 0.168. The lowest BCUT2D eigenvalue weighted by molar-refractivity contribution is -0.140. The summed E-state index contributed by atoms with van der Waals surface area (Å²) in [5.41, 5.74) is 2.93. The summed E-state index contributed by atoms with van der Waals surface area (Å²) >= 11 is 3.46. The van der Waals surface area contributed by atoms with E-state index in [1.807, 2.05) is 80.6 Å². The van der Waals surface area contributed by atoms with Crippen LogP contribution in [0.25, 0.3) is 0 Å². The van der Waals surface area contributed by atoms with Gasteiger partial charge in [0.15, 0.2) is 0 Å². The number of para-hydroxylation sites is 1. The number of benzene rings is 4. The van der Waals surface area contributed by atoms with Gasteiger partial charge in [0.2, 0.25) is 11.8 Å². The largest absolute Gasteiger partial charge is 0.354 e. The summed E-state index contributed by atoms with van der Waals surface area (Å²) in [6.45, 7) is 4.02. The highest BCUT2D eigenvalue weighted by Crippen LogP contribution is 2.28. The minimum absolute atomic E-state index is 0.0830. The second-order valence-electron chi connectivity index (χ2n) is 10.5. The summed E-state index contributed by atoms with van der Waals surface area (Å²) in [6.07, 6.45) is 1.58. The fourth-order valence-electron chi connectivity index (χ4n) is 4.99. The maximum atomic E-state index is 14.5. The number of carbonyl (C=O) groups excluding carboxylic acids is 2. The van der Waals surface area contributed by atoms with Crippen molar-refractivity contribution in [3.05, 3.63) is 130 Å². The number of sulfonamides is 1. The predicted octanol–water partition coefficient (Wildman–Crippen LogP) is 6.37. The molecule has 0 aliphatic heterocycles. The third-order valence-electron chi connectivity index (χ3n) is 7.34. The van der Waals surface area contributed by atoms with Gasteiger partial charge in [0, 0.05) is 24.0 Å². The van der Waals surface area contributed by atoms with Gasteiger partial charge in [0.25, 0.3) is 10.0 Å². The summed E-state index contributed by atoms with van der Waals surface area (Å²) in [7, 11) is -4.13. The first-order chi connectivity index (χ1) is 21.2. The number of amides is 2. The number of nitrogens with zero attached hydrogens (tertiary/aromatic N) is 2. The van der Waals surface area contributed by atoms with Gasteiger partial charge in [-0.2, -0.15) is 0 Å². The van der Waals surface area contributed by atoms with Crippen LogP contribution in [0.1, 0.15) is 37.0 Å². The van der Waals surface area contributed by atoms with E-state index in [9.17, 15) is 18.0 Å². The highest BCUT2D eigenvalue weighted by molar-refractivity contribution is 9.10. The predicted molar refractivity (Wildman–Crippen MR) is 179 cm³/mol. The molecule has 0 heterocycles. The Bertz CT molecular complexity index is 1630. The van der Waals surface area contributed by atoms with Gasteiger partial charge in [0.05, 0.1) is 10.6 Å². The molecule has 44 heavy (non-hydrogen) atoms. The summed E-state index contributed by atoms with van der Waals surface area (Å²) in [5, 5.41) is 2.97. The molecule has 0 aliphatic rings. The Morgan fingerprint density at radius 3 is 2.05 bits per heavy atom. The molecule has 2 amide bonds. The van der Waals surface area contributed by atoms with Gasteiger partial charge in [-0.05, 0) is 59.9 Å². The molecule has 0 radical (unpaired) electrons. The lowest BCUT2D eigenvalue weighted by Crippen LogP contribution is -2.53. The molecule has 1 N–H and O–H groups in total. The molecule has 9 heteroatoms. The van der Waals surface area contributed by atoms with Crippen molar-refractivity contribution in [2.45, 2.75) is 50.6 Å². The molecule has 0 aromatic heterocycles. The highest BCUT2D eigenvalue weighted by atomic mass is 79.9. The molecule has 4 rings (SSSR count). The molecule has 4 aromatic carbocycles. The van der Waals surface area contributed by atoms with Gasteiger partial charge in [-0.25, -0.2) is 8.42 Å². The molecule has 0 saturated heterocycles. The zero-order valence-corrected chi connectivity index (χ0v) is 27.4. The van der Waals surface area contributed by atoms with Crippen LogP contribution in [0.4, 0.5) is 5.69 Å². The Balaban J connectivity index is 1.81. The van der Waals surface area contributed by atoms with Crippen LogP contribution < -0.4 is 9.62 Å². The van der Waals surface area contributed by atoms with Crippen molar-refractivity contribution in [1.29, 1.82) is 0 Å². The van der Waals surface area contributed by atoms with Crippen LogP contribution in [0.15, 0.2) is 119 Å². The maximum Gasteiger partial charge on any atom is 0.264 e. The standard InChI is InChI=1S/C35H38BrN3O4S/c1-3-23-37-35(41)33(24-27-13-7-5-8-14-27)38(25-28-19-21-30(36)22-20-28)34(40)26-39(32-18-12-11-15-29(32)4-2)44(42,43)31-16-9-6-10-17-31/h5-22,33H,3-4,23-26H2,1-2H3,(H,37,41)/t33-/m0/s1. The minimum Gasteiger partial charge on any atom is -0.354 e. The van der Waals surface area contributed by atoms with Crippen LogP contribution in [0.5, 0.6) is 0 Å². The number of nitrogens with one attached hydrogen (secondary N) is 1. The molecule has 230 valence electrons. The second-order valence-corrected chi connectivity index (χ2v) is 13.2. The molecule has 0 bridgehead atoms. The molecule has 0 aliphatic carbocycles. The molecular weight excluding hydrogens is 638 g/mol. The summed E-state index contributed by atoms with van der Waals surface area (Å²) in [4.78, 5) is 29.8. The molecule has 1 atom stereocenters. The first kappa shape index (κ1) is 33.0. The monoisotopic (exact) mass is 675 g/mol. The van der Waals surface area contributed by atoms with E-state index in [2.05, 4.69) is 21.2 Å². The zero-order chi connectivity index (χ0) is 31.5. The Hall–Kier alpha value is -3.95. The van der Waals surface area contributed by atoms with E-state index in [0.717, 1.165) is 27.6 Å². The van der Waals surface area contributed by atoms with Gasteiger partial charge in [0.1, 0.15) is 12.6 Å². The molecule has 7 nitrogen and oxygen atoms in total. The van der Waals surface area contributed by atoms with Gasteiger partial charge in [-0.3, -0.25) is 13.9 Å². The van der Waals surface area contributed by atoms with Gasteiger partial charge in [-0.15, -0.1) is 0 Å². The summed E-state index contributed by atoms with van der Waals surface area (Å²) in [6, 6.07) is 31.5. The van der Waals surface area contributed by atoms with Crippen LogP contribution in [0, 0.1) is 0 Å². The lowest BCUT2D eigenvalue weighted by atomic mass is 10.0. The van der Waals surface area contributed by atoms with Crippen LogP contribution >= 0.6 is 15.9 Å².